The lowest BCUT2D eigenvalue weighted by Crippen LogP contribution is -2.38. The third-order valence-corrected chi connectivity index (χ3v) is 3.82. The van der Waals surface area contributed by atoms with Crippen LogP contribution in [0.2, 0.25) is 0 Å². The molecular formula is C18H24N2O2. The molecule has 0 atom stereocenters. The van der Waals surface area contributed by atoms with Crippen molar-refractivity contribution < 1.29 is 4.79 Å². The molecule has 0 radical (unpaired) electrons. The van der Waals surface area contributed by atoms with Crippen molar-refractivity contribution >= 4 is 16.8 Å². The number of amides is 1. The Morgan fingerprint density at radius 3 is 2.41 bits per heavy atom. The second-order valence-electron chi connectivity index (χ2n) is 5.66. The Bertz CT molecular complexity index is 713. The molecule has 0 unspecified atom stereocenters. The van der Waals surface area contributed by atoms with Gasteiger partial charge in [-0.15, -0.1) is 0 Å². The molecule has 118 valence electrons. The second-order valence-corrected chi connectivity index (χ2v) is 5.66. The highest BCUT2D eigenvalue weighted by Crippen LogP contribution is 2.13. The fourth-order valence-corrected chi connectivity index (χ4v) is 2.77. The van der Waals surface area contributed by atoms with Crippen LogP contribution in [0.3, 0.4) is 0 Å². The predicted octanol–water partition coefficient (Wildman–Crippen LogP) is 2.96. The maximum absolute atomic E-state index is 12.6. The number of carbonyl (C=O) groups excluding carboxylic acids is 1. The van der Waals surface area contributed by atoms with Gasteiger partial charge in [-0.2, -0.15) is 0 Å². The lowest BCUT2D eigenvalue weighted by Gasteiger charge is -2.22. The Hall–Kier alpha value is -2.10. The Balaban J connectivity index is 2.40. The van der Waals surface area contributed by atoms with Gasteiger partial charge in [-0.25, -0.2) is 0 Å². The molecule has 22 heavy (non-hydrogen) atoms. The van der Waals surface area contributed by atoms with Crippen LogP contribution in [-0.4, -0.2) is 28.5 Å². The Morgan fingerprint density at radius 2 is 1.77 bits per heavy atom. The summed E-state index contributed by atoms with van der Waals surface area (Å²) in [6, 6.07) is 9.59. The van der Waals surface area contributed by atoms with Gasteiger partial charge in [-0.05, 0) is 37.3 Å². The molecule has 0 aliphatic carbocycles. The van der Waals surface area contributed by atoms with E-state index in [4.69, 9.17) is 0 Å². The van der Waals surface area contributed by atoms with Gasteiger partial charge in [0, 0.05) is 18.7 Å². The normalized spacial score (nSPS) is 10.9. The molecule has 1 amide bonds. The zero-order chi connectivity index (χ0) is 16.1. The zero-order valence-corrected chi connectivity index (χ0v) is 13.6. The number of nitrogens with zero attached hydrogens (tertiary/aromatic N) is 2. The van der Waals surface area contributed by atoms with Crippen LogP contribution in [-0.2, 0) is 11.3 Å². The summed E-state index contributed by atoms with van der Waals surface area (Å²) >= 11 is 0. The van der Waals surface area contributed by atoms with Crippen molar-refractivity contribution in [2.45, 2.75) is 40.2 Å². The van der Waals surface area contributed by atoms with E-state index in [9.17, 15) is 9.59 Å². The minimum absolute atomic E-state index is 0.0153. The van der Waals surface area contributed by atoms with Crippen LogP contribution in [0.15, 0.2) is 35.1 Å². The smallest absolute Gasteiger partial charge is 0.254 e. The lowest BCUT2D eigenvalue weighted by molar-refractivity contribution is -0.131. The van der Waals surface area contributed by atoms with Gasteiger partial charge in [0.15, 0.2) is 0 Å². The van der Waals surface area contributed by atoms with E-state index < -0.39 is 0 Å². The summed E-state index contributed by atoms with van der Waals surface area (Å²) < 4.78 is 1.60. The molecule has 0 bridgehead atoms. The van der Waals surface area contributed by atoms with E-state index in [2.05, 4.69) is 13.8 Å². The molecular weight excluding hydrogens is 276 g/mol. The molecule has 0 aliphatic rings. The topological polar surface area (TPSA) is 42.3 Å². The van der Waals surface area contributed by atoms with E-state index >= 15 is 0 Å². The summed E-state index contributed by atoms with van der Waals surface area (Å²) in [6.07, 6.45) is 1.85. The maximum atomic E-state index is 12.6. The number of aryl methyl sites for hydroxylation is 1. The quantitative estimate of drug-likeness (QED) is 0.823. The van der Waals surface area contributed by atoms with Crippen molar-refractivity contribution in [2.24, 2.45) is 0 Å². The molecule has 2 aromatic rings. The first kappa shape index (κ1) is 16.3. The minimum atomic E-state index is -0.0833. The summed E-state index contributed by atoms with van der Waals surface area (Å²) in [7, 11) is 0. The highest BCUT2D eigenvalue weighted by Gasteiger charge is 2.15. The molecule has 4 heteroatoms. The fourth-order valence-electron chi connectivity index (χ4n) is 2.77. The standard InChI is InChI=1S/C18H24N2O2/c1-4-10-19(11-5-2)17(21)13-20-16-9-7-6-8-15(16)12-14(3)18(20)22/h6-9,12H,4-5,10-11,13H2,1-3H3. The number of rotatable bonds is 6. The van der Waals surface area contributed by atoms with Gasteiger partial charge in [0.2, 0.25) is 5.91 Å². The molecule has 0 saturated carbocycles. The van der Waals surface area contributed by atoms with Gasteiger partial charge in [-0.1, -0.05) is 32.0 Å². The third kappa shape index (κ3) is 3.38. The average molecular weight is 300 g/mol. The van der Waals surface area contributed by atoms with Crippen LogP contribution < -0.4 is 5.56 Å². The van der Waals surface area contributed by atoms with Gasteiger partial charge in [0.05, 0.1) is 5.52 Å². The summed E-state index contributed by atoms with van der Waals surface area (Å²) in [4.78, 5) is 26.9. The fraction of sp³-hybridized carbons (Fsp3) is 0.444. The number of carbonyl (C=O) groups is 1. The highest BCUT2D eigenvalue weighted by molar-refractivity contribution is 5.82. The van der Waals surface area contributed by atoms with E-state index in [1.807, 2.05) is 35.2 Å². The average Bonchev–Trinajstić information content (AvgIpc) is 2.51. The SMILES string of the molecule is CCCN(CCC)C(=O)Cn1c(=O)c(C)cc2ccccc21. The van der Waals surface area contributed by atoms with Gasteiger partial charge >= 0.3 is 0 Å². The monoisotopic (exact) mass is 300 g/mol. The molecule has 4 nitrogen and oxygen atoms in total. The zero-order valence-electron chi connectivity index (χ0n) is 13.6. The van der Waals surface area contributed by atoms with Crippen molar-refractivity contribution in [1.82, 2.24) is 9.47 Å². The van der Waals surface area contributed by atoms with E-state index in [0.29, 0.717) is 5.56 Å². The first-order valence-electron chi connectivity index (χ1n) is 7.95. The largest absolute Gasteiger partial charge is 0.341 e. The van der Waals surface area contributed by atoms with Gasteiger partial charge < -0.3 is 4.90 Å². The highest BCUT2D eigenvalue weighted by atomic mass is 16.2. The Labute approximate surface area is 131 Å². The van der Waals surface area contributed by atoms with Crippen LogP contribution >= 0.6 is 0 Å². The van der Waals surface area contributed by atoms with Crippen molar-refractivity contribution in [3.63, 3.8) is 0 Å². The molecule has 0 fully saturated rings. The van der Waals surface area contributed by atoms with Gasteiger partial charge in [0.1, 0.15) is 6.54 Å². The lowest BCUT2D eigenvalue weighted by atomic mass is 10.1. The first-order chi connectivity index (χ1) is 10.6. The summed E-state index contributed by atoms with van der Waals surface area (Å²) in [5.41, 5.74) is 1.41. The molecule has 0 aliphatic heterocycles. The van der Waals surface area contributed by atoms with Crippen molar-refractivity contribution in [3.8, 4) is 0 Å². The van der Waals surface area contributed by atoms with Gasteiger partial charge in [0.25, 0.3) is 5.56 Å². The second kappa shape index (κ2) is 7.25. The summed E-state index contributed by atoms with van der Waals surface area (Å²) in [5, 5.41) is 0.991. The third-order valence-electron chi connectivity index (χ3n) is 3.82. The van der Waals surface area contributed by atoms with E-state index in [1.165, 1.54) is 0 Å². The molecule has 1 aromatic heterocycles. The number of hydrogen-bond donors (Lipinski definition) is 0. The number of pyridine rings is 1. The number of para-hydroxylation sites is 1. The molecule has 1 aromatic carbocycles. The van der Waals surface area contributed by atoms with E-state index in [0.717, 1.165) is 36.8 Å². The number of benzene rings is 1. The molecule has 0 spiro atoms. The van der Waals surface area contributed by atoms with Crippen molar-refractivity contribution in [2.75, 3.05) is 13.1 Å². The molecule has 1 heterocycles. The van der Waals surface area contributed by atoms with E-state index in [-0.39, 0.29) is 18.0 Å². The summed E-state index contributed by atoms with van der Waals surface area (Å²) in [6.45, 7) is 7.51. The molecule has 2 rings (SSSR count). The molecule has 0 saturated heterocycles. The first-order valence-corrected chi connectivity index (χ1v) is 7.95. The Morgan fingerprint density at radius 1 is 1.14 bits per heavy atom. The van der Waals surface area contributed by atoms with Crippen LogP contribution in [0, 0.1) is 6.92 Å². The van der Waals surface area contributed by atoms with Crippen molar-refractivity contribution in [3.05, 3.63) is 46.2 Å². The van der Waals surface area contributed by atoms with Crippen LogP contribution in [0.25, 0.3) is 10.9 Å². The number of aromatic nitrogens is 1. The van der Waals surface area contributed by atoms with Gasteiger partial charge in [-0.3, -0.25) is 14.2 Å². The number of hydrogen-bond acceptors (Lipinski definition) is 2. The molecule has 0 N–H and O–H groups in total. The maximum Gasteiger partial charge on any atom is 0.254 e. The van der Waals surface area contributed by atoms with Crippen LogP contribution in [0.5, 0.6) is 0 Å². The van der Waals surface area contributed by atoms with E-state index in [1.54, 1.807) is 11.5 Å². The predicted molar refractivity (Wildman–Crippen MR) is 90.1 cm³/mol. The summed E-state index contributed by atoms with van der Waals surface area (Å²) in [5.74, 6) is 0.0153. The van der Waals surface area contributed by atoms with Crippen LogP contribution in [0.4, 0.5) is 0 Å². The van der Waals surface area contributed by atoms with Crippen LogP contribution in [0.1, 0.15) is 32.3 Å². The van der Waals surface area contributed by atoms with Crippen molar-refractivity contribution in [1.29, 1.82) is 0 Å². The number of fused-ring (bicyclic) bond motifs is 1. The minimum Gasteiger partial charge on any atom is -0.341 e. The Kier molecular flexibility index (Phi) is 5.36.